The molecule has 12 aromatic rings. The minimum absolute atomic E-state index is 0.144. The van der Waals surface area contributed by atoms with Crippen LogP contribution in [0.1, 0.15) is 6.85 Å². The summed E-state index contributed by atoms with van der Waals surface area (Å²) in [5, 5.41) is 6.64. The first kappa shape index (κ1) is 27.0. The second-order valence-corrected chi connectivity index (χ2v) is 14.6. The van der Waals surface area contributed by atoms with E-state index in [4.69, 9.17) is 6.85 Å². The Hall–Kier alpha value is -7.62. The van der Waals surface area contributed by atoms with Crippen molar-refractivity contribution in [3.63, 3.8) is 0 Å². The monoisotopic (exact) mass is 730 g/mol. The molecule has 0 atom stereocenters. The van der Waals surface area contributed by atoms with Crippen LogP contribution < -0.4 is 0 Å². The Labute approximate surface area is 336 Å². The van der Waals surface area contributed by atoms with Gasteiger partial charge in [-0.15, -0.1) is 0 Å². The summed E-state index contributed by atoms with van der Waals surface area (Å²) in [7, 11) is 0. The molecule has 3 heteroatoms. The lowest BCUT2D eigenvalue weighted by molar-refractivity contribution is 1.18. The Morgan fingerprint density at radius 3 is 1.09 bits per heavy atom. The molecule has 0 radical (unpaired) electrons. The molecule has 0 fully saturated rings. The molecule has 0 aliphatic heterocycles. The summed E-state index contributed by atoms with van der Waals surface area (Å²) in [6.45, 7) is 0. The molecule has 3 aromatic heterocycles. The van der Waals surface area contributed by atoms with E-state index in [0.29, 0.717) is 0 Å². The highest BCUT2D eigenvalue weighted by molar-refractivity contribution is 6.13. The second kappa shape index (κ2) is 12.5. The van der Waals surface area contributed by atoms with Crippen LogP contribution in [0.5, 0.6) is 0 Å². The largest absolute Gasteiger partial charge is 0.309 e. The van der Waals surface area contributed by atoms with E-state index in [2.05, 4.69) is 161 Å². The first-order valence-electron chi connectivity index (χ1n) is 21.7. The Kier molecular flexibility index (Phi) is 5.91. The Bertz CT molecular complexity index is 3770. The van der Waals surface area contributed by atoms with Crippen molar-refractivity contribution in [2.45, 2.75) is 0 Å². The average molecular weight is 731 g/mol. The van der Waals surface area contributed by atoms with Gasteiger partial charge in [-0.2, -0.15) is 0 Å². The van der Waals surface area contributed by atoms with Gasteiger partial charge in [0.1, 0.15) is 0 Å². The fraction of sp³-hybridized carbons (Fsp3) is 0. The number of hydrogen-bond donors (Lipinski definition) is 0. The highest BCUT2D eigenvalue weighted by atomic mass is 15.0. The van der Waals surface area contributed by atoms with Gasteiger partial charge in [-0.05, 0) is 113 Å². The van der Waals surface area contributed by atoms with E-state index in [1.165, 1.54) is 27.4 Å². The Morgan fingerprint density at radius 1 is 0.263 bits per heavy atom. The third kappa shape index (κ3) is 4.86. The smallest absolute Gasteiger partial charge is 0.0645 e. The van der Waals surface area contributed by atoms with Crippen LogP contribution in [0.25, 0.3) is 105 Å². The third-order valence-corrected chi connectivity index (χ3v) is 11.5. The van der Waals surface area contributed by atoms with Crippen LogP contribution in [0.15, 0.2) is 212 Å². The van der Waals surface area contributed by atoms with Gasteiger partial charge in [0.05, 0.1) is 40.0 Å². The van der Waals surface area contributed by atoms with Gasteiger partial charge in [0.15, 0.2) is 0 Å². The van der Waals surface area contributed by atoms with Gasteiger partial charge in [0.25, 0.3) is 0 Å². The van der Waals surface area contributed by atoms with Crippen molar-refractivity contribution in [1.29, 1.82) is 0 Å². The molecule has 0 saturated carbocycles. The molecule has 12 rings (SSSR count). The lowest BCUT2D eigenvalue weighted by Crippen LogP contribution is -1.94. The van der Waals surface area contributed by atoms with Gasteiger partial charge in [-0.25, -0.2) is 0 Å². The molecule has 0 saturated heterocycles. The van der Waals surface area contributed by atoms with Gasteiger partial charge in [0, 0.05) is 49.4 Å². The van der Waals surface area contributed by atoms with Crippen LogP contribution in [0.3, 0.4) is 0 Å². The van der Waals surface area contributed by atoms with Gasteiger partial charge < -0.3 is 13.7 Å². The molecule has 3 nitrogen and oxygen atoms in total. The number of nitrogens with zero attached hydrogens (tertiary/aromatic N) is 3. The van der Waals surface area contributed by atoms with Crippen molar-refractivity contribution < 1.29 is 6.85 Å². The number of fused-ring (bicyclic) bond motifs is 9. The standard InChI is InChI=1S/C54H35N3/c1-3-13-40(14-4-1)55-49-20-10-7-17-43(49)46-33-37(25-30-52(46)55)36-23-28-42(29-24-36)57-51-22-12-9-19-45(51)48-35-39(27-32-54(48)57)38-26-31-53-47(34-38)44-18-8-11-21-50(44)56(53)41-15-5-2-6-16-41/h1-35H/i2D,5D,6D,15D,16D. The quantitative estimate of drug-likeness (QED) is 0.167. The summed E-state index contributed by atoms with van der Waals surface area (Å²) in [6, 6.07) is 62.5. The number of aromatic nitrogens is 3. The van der Waals surface area contributed by atoms with E-state index in [1.54, 1.807) is 4.57 Å². The average Bonchev–Trinajstić information content (AvgIpc) is 3.96. The van der Waals surface area contributed by atoms with Crippen molar-refractivity contribution in [3.8, 4) is 39.3 Å². The molecule has 266 valence electrons. The molecule has 0 aliphatic carbocycles. The summed E-state index contributed by atoms with van der Waals surface area (Å²) in [5.41, 5.74) is 12.9. The second-order valence-electron chi connectivity index (χ2n) is 14.6. The van der Waals surface area contributed by atoms with Crippen LogP contribution in [0, 0.1) is 0 Å². The van der Waals surface area contributed by atoms with E-state index in [1.807, 2.05) is 30.3 Å². The maximum Gasteiger partial charge on any atom is 0.0645 e. The van der Waals surface area contributed by atoms with Gasteiger partial charge in [0.2, 0.25) is 0 Å². The zero-order chi connectivity index (χ0) is 41.8. The molecular formula is C54H35N3. The zero-order valence-corrected chi connectivity index (χ0v) is 30.7. The summed E-state index contributed by atoms with van der Waals surface area (Å²) in [6.07, 6.45) is 0. The van der Waals surface area contributed by atoms with Crippen molar-refractivity contribution in [1.82, 2.24) is 13.7 Å². The van der Waals surface area contributed by atoms with Crippen molar-refractivity contribution >= 4 is 65.4 Å². The maximum absolute atomic E-state index is 8.78. The fourth-order valence-corrected chi connectivity index (χ4v) is 8.99. The molecule has 0 aliphatic rings. The zero-order valence-electron chi connectivity index (χ0n) is 35.7. The summed E-state index contributed by atoms with van der Waals surface area (Å²) < 4.78 is 49.0. The van der Waals surface area contributed by atoms with E-state index < -0.39 is 6.04 Å². The molecule has 0 amide bonds. The number of hydrogen-bond acceptors (Lipinski definition) is 0. The molecule has 57 heavy (non-hydrogen) atoms. The number of para-hydroxylation sites is 5. The van der Waals surface area contributed by atoms with Gasteiger partial charge >= 0.3 is 0 Å². The third-order valence-electron chi connectivity index (χ3n) is 11.5. The Morgan fingerprint density at radius 2 is 0.614 bits per heavy atom. The maximum atomic E-state index is 8.78. The topological polar surface area (TPSA) is 14.8 Å². The SMILES string of the molecule is [2H]c1c([2H])c([2H])c(-n2c3ccccc3c3cc(-c4ccc5c(c4)c4ccccc4n5-c4ccc(-c5ccc6c(c5)c5ccccc5n6-c5ccccc5)cc4)ccc32)c([2H])c1[2H]. The van der Waals surface area contributed by atoms with Crippen LogP contribution in [-0.2, 0) is 0 Å². The molecule has 0 N–H and O–H groups in total. The van der Waals surface area contributed by atoms with Gasteiger partial charge in [-0.3, -0.25) is 0 Å². The highest BCUT2D eigenvalue weighted by Crippen LogP contribution is 2.39. The minimum atomic E-state index is -0.404. The molecule has 0 spiro atoms. The van der Waals surface area contributed by atoms with Crippen LogP contribution in [0.4, 0.5) is 0 Å². The summed E-state index contributed by atoms with van der Waals surface area (Å²) in [4.78, 5) is 0. The molecule has 0 bridgehead atoms. The molecule has 9 aromatic carbocycles. The normalized spacial score (nSPS) is 13.1. The van der Waals surface area contributed by atoms with Crippen molar-refractivity contribution in [2.75, 3.05) is 0 Å². The number of rotatable bonds is 5. The predicted molar refractivity (Wildman–Crippen MR) is 240 cm³/mol. The lowest BCUT2D eigenvalue weighted by Gasteiger charge is -2.11. The first-order valence-corrected chi connectivity index (χ1v) is 19.2. The van der Waals surface area contributed by atoms with E-state index in [-0.39, 0.29) is 29.9 Å². The van der Waals surface area contributed by atoms with Gasteiger partial charge in [-0.1, -0.05) is 121 Å². The predicted octanol–water partition coefficient (Wildman–Crippen LogP) is 14.3. The Balaban J connectivity index is 0.951. The minimum Gasteiger partial charge on any atom is -0.309 e. The lowest BCUT2D eigenvalue weighted by atomic mass is 10.0. The van der Waals surface area contributed by atoms with Crippen LogP contribution in [-0.4, -0.2) is 13.7 Å². The molecular weight excluding hydrogens is 691 g/mol. The van der Waals surface area contributed by atoms with Crippen LogP contribution >= 0.6 is 0 Å². The van der Waals surface area contributed by atoms with E-state index >= 15 is 0 Å². The number of benzene rings is 9. The molecule has 0 unspecified atom stereocenters. The first-order chi connectivity index (χ1) is 30.4. The highest BCUT2D eigenvalue weighted by Gasteiger charge is 2.17. The van der Waals surface area contributed by atoms with E-state index in [9.17, 15) is 0 Å². The summed E-state index contributed by atoms with van der Waals surface area (Å²) >= 11 is 0. The van der Waals surface area contributed by atoms with E-state index in [0.717, 1.165) is 71.7 Å². The molecule has 3 heterocycles. The van der Waals surface area contributed by atoms with Crippen molar-refractivity contribution in [2.24, 2.45) is 0 Å². The van der Waals surface area contributed by atoms with Crippen LogP contribution in [0.2, 0.25) is 0 Å². The summed E-state index contributed by atoms with van der Waals surface area (Å²) in [5.74, 6) is 0. The van der Waals surface area contributed by atoms with Crippen molar-refractivity contribution in [3.05, 3.63) is 212 Å². The fourth-order valence-electron chi connectivity index (χ4n) is 8.99.